The minimum atomic E-state index is 0.587. The summed E-state index contributed by atoms with van der Waals surface area (Å²) in [5, 5.41) is 12.3. The molecule has 3 nitrogen and oxygen atoms in total. The molecule has 2 aromatic carbocycles. The number of hydrogen-bond acceptors (Lipinski definition) is 3. The van der Waals surface area contributed by atoms with E-state index in [4.69, 9.17) is 11.0 Å². The molecule has 2 aromatic rings. The second kappa shape index (κ2) is 5.11. The van der Waals surface area contributed by atoms with Gasteiger partial charge in [0.2, 0.25) is 0 Å². The highest BCUT2D eigenvalue weighted by atomic mass is 79.9. The molecule has 0 amide bonds. The van der Waals surface area contributed by atoms with Crippen molar-refractivity contribution in [3.05, 3.63) is 52.0 Å². The third-order valence-electron chi connectivity index (χ3n) is 2.66. The van der Waals surface area contributed by atoms with Gasteiger partial charge in [0, 0.05) is 15.8 Å². The second-order valence-electron chi connectivity index (χ2n) is 4.00. The maximum Gasteiger partial charge on any atom is 0.101 e. The van der Waals surface area contributed by atoms with Crippen LogP contribution < -0.4 is 11.1 Å². The molecule has 18 heavy (non-hydrogen) atoms. The van der Waals surface area contributed by atoms with Crippen LogP contribution in [0, 0.1) is 18.3 Å². The van der Waals surface area contributed by atoms with Crippen molar-refractivity contribution in [2.45, 2.75) is 6.92 Å². The van der Waals surface area contributed by atoms with Crippen LogP contribution in [0.2, 0.25) is 0 Å². The van der Waals surface area contributed by atoms with Crippen molar-refractivity contribution in [3.63, 3.8) is 0 Å². The normalized spacial score (nSPS) is 9.83. The van der Waals surface area contributed by atoms with Crippen molar-refractivity contribution < 1.29 is 0 Å². The predicted molar refractivity (Wildman–Crippen MR) is 77.7 cm³/mol. The lowest BCUT2D eigenvalue weighted by molar-refractivity contribution is 1.43. The molecule has 0 bridgehead atoms. The van der Waals surface area contributed by atoms with E-state index in [0.29, 0.717) is 5.56 Å². The first-order valence-electron chi connectivity index (χ1n) is 5.43. The number of hydrogen-bond donors (Lipinski definition) is 2. The SMILES string of the molecule is Cc1ccc(Nc2ccc(Br)cc2C#N)cc1N. The molecule has 0 aliphatic rings. The summed E-state index contributed by atoms with van der Waals surface area (Å²) in [5.74, 6) is 0. The molecule has 0 saturated heterocycles. The summed E-state index contributed by atoms with van der Waals surface area (Å²) < 4.78 is 0.882. The Balaban J connectivity index is 2.34. The Kier molecular flexibility index (Phi) is 3.54. The van der Waals surface area contributed by atoms with Gasteiger partial charge in [0.15, 0.2) is 0 Å². The van der Waals surface area contributed by atoms with Crippen molar-refractivity contribution in [1.29, 1.82) is 5.26 Å². The van der Waals surface area contributed by atoms with Crippen LogP contribution in [0.5, 0.6) is 0 Å². The minimum Gasteiger partial charge on any atom is -0.398 e. The predicted octanol–water partition coefficient (Wildman–Crippen LogP) is 3.96. The van der Waals surface area contributed by atoms with Gasteiger partial charge in [-0.05, 0) is 42.8 Å². The van der Waals surface area contributed by atoms with Gasteiger partial charge < -0.3 is 11.1 Å². The molecule has 2 rings (SSSR count). The number of nitrogens with two attached hydrogens (primary N) is 1. The van der Waals surface area contributed by atoms with E-state index in [1.165, 1.54) is 0 Å². The van der Waals surface area contributed by atoms with Gasteiger partial charge in [-0.3, -0.25) is 0 Å². The van der Waals surface area contributed by atoms with Gasteiger partial charge in [-0.1, -0.05) is 22.0 Å². The summed E-state index contributed by atoms with van der Waals surface area (Å²) in [6, 6.07) is 13.4. The van der Waals surface area contributed by atoms with Gasteiger partial charge in [0.05, 0.1) is 11.3 Å². The molecule has 0 aromatic heterocycles. The number of nitriles is 1. The van der Waals surface area contributed by atoms with Crippen LogP contribution in [0.25, 0.3) is 0 Å². The lowest BCUT2D eigenvalue weighted by atomic mass is 10.1. The van der Waals surface area contributed by atoms with E-state index >= 15 is 0 Å². The molecule has 0 unspecified atom stereocenters. The van der Waals surface area contributed by atoms with Crippen molar-refractivity contribution in [1.82, 2.24) is 0 Å². The fourth-order valence-corrected chi connectivity index (χ4v) is 1.95. The smallest absolute Gasteiger partial charge is 0.101 e. The maximum absolute atomic E-state index is 9.08. The largest absolute Gasteiger partial charge is 0.398 e. The minimum absolute atomic E-state index is 0.587. The quantitative estimate of drug-likeness (QED) is 0.826. The molecule has 0 radical (unpaired) electrons. The molecule has 0 aliphatic carbocycles. The van der Waals surface area contributed by atoms with Crippen LogP contribution in [-0.4, -0.2) is 0 Å². The monoisotopic (exact) mass is 301 g/mol. The lowest BCUT2D eigenvalue weighted by Crippen LogP contribution is -1.96. The van der Waals surface area contributed by atoms with E-state index in [9.17, 15) is 0 Å². The highest BCUT2D eigenvalue weighted by molar-refractivity contribution is 9.10. The van der Waals surface area contributed by atoms with Crippen molar-refractivity contribution in [2.24, 2.45) is 0 Å². The zero-order valence-electron chi connectivity index (χ0n) is 9.87. The molecular weight excluding hydrogens is 290 g/mol. The van der Waals surface area contributed by atoms with Crippen molar-refractivity contribution in [2.75, 3.05) is 11.1 Å². The summed E-state index contributed by atoms with van der Waals surface area (Å²) in [6.45, 7) is 1.96. The molecule has 4 heteroatoms. The molecule has 0 atom stereocenters. The van der Waals surface area contributed by atoms with Crippen LogP contribution >= 0.6 is 15.9 Å². The van der Waals surface area contributed by atoms with E-state index in [0.717, 1.165) is 27.1 Å². The average Bonchev–Trinajstić information content (AvgIpc) is 2.36. The van der Waals surface area contributed by atoms with Crippen LogP contribution in [0.1, 0.15) is 11.1 Å². The lowest BCUT2D eigenvalue weighted by Gasteiger charge is -2.10. The number of nitrogen functional groups attached to an aromatic ring is 1. The van der Waals surface area contributed by atoms with Gasteiger partial charge in [-0.15, -0.1) is 0 Å². The Morgan fingerprint density at radius 2 is 2.00 bits per heavy atom. The number of benzene rings is 2. The van der Waals surface area contributed by atoms with Gasteiger partial charge in [0.1, 0.15) is 6.07 Å². The summed E-state index contributed by atoms with van der Waals surface area (Å²) in [7, 11) is 0. The second-order valence-corrected chi connectivity index (χ2v) is 4.91. The van der Waals surface area contributed by atoms with Crippen LogP contribution in [-0.2, 0) is 0 Å². The van der Waals surface area contributed by atoms with E-state index in [1.807, 2.05) is 37.3 Å². The molecule has 90 valence electrons. The standard InChI is InChI=1S/C14H12BrN3/c1-9-2-4-12(7-13(9)17)18-14-5-3-11(15)6-10(14)8-16/h2-7,18H,17H2,1H3. The fourth-order valence-electron chi connectivity index (χ4n) is 1.59. The van der Waals surface area contributed by atoms with E-state index in [1.54, 1.807) is 6.07 Å². The number of halogens is 1. The van der Waals surface area contributed by atoms with E-state index < -0.39 is 0 Å². The Labute approximate surface area is 114 Å². The van der Waals surface area contributed by atoms with Gasteiger partial charge in [0.25, 0.3) is 0 Å². The first-order valence-corrected chi connectivity index (χ1v) is 6.22. The molecule has 0 heterocycles. The Morgan fingerprint density at radius 1 is 1.22 bits per heavy atom. The summed E-state index contributed by atoms with van der Waals surface area (Å²) >= 11 is 3.34. The Bertz CT molecular complexity index is 629. The number of anilines is 3. The molecule has 0 saturated carbocycles. The number of nitrogens with one attached hydrogen (secondary N) is 1. The van der Waals surface area contributed by atoms with E-state index in [2.05, 4.69) is 27.3 Å². The number of nitrogens with zero attached hydrogens (tertiary/aromatic N) is 1. The third kappa shape index (κ3) is 2.63. The Morgan fingerprint density at radius 3 is 2.67 bits per heavy atom. The number of aryl methyl sites for hydroxylation is 1. The number of rotatable bonds is 2. The zero-order chi connectivity index (χ0) is 13.1. The fraction of sp³-hybridized carbons (Fsp3) is 0.0714. The molecular formula is C14H12BrN3. The van der Waals surface area contributed by atoms with Gasteiger partial charge in [-0.2, -0.15) is 5.26 Å². The third-order valence-corrected chi connectivity index (χ3v) is 3.15. The highest BCUT2D eigenvalue weighted by Gasteiger charge is 2.04. The molecule has 0 fully saturated rings. The topological polar surface area (TPSA) is 61.8 Å². The zero-order valence-corrected chi connectivity index (χ0v) is 11.5. The van der Waals surface area contributed by atoms with E-state index in [-0.39, 0.29) is 0 Å². The van der Waals surface area contributed by atoms with Crippen molar-refractivity contribution >= 4 is 33.0 Å². The summed E-state index contributed by atoms with van der Waals surface area (Å²) in [4.78, 5) is 0. The Hall–Kier alpha value is -1.99. The maximum atomic E-state index is 9.08. The first-order chi connectivity index (χ1) is 8.60. The summed E-state index contributed by atoms with van der Waals surface area (Å²) in [5.41, 5.74) is 9.85. The molecule has 0 spiro atoms. The first kappa shape index (κ1) is 12.5. The van der Waals surface area contributed by atoms with Crippen LogP contribution in [0.3, 0.4) is 0 Å². The van der Waals surface area contributed by atoms with Gasteiger partial charge in [-0.25, -0.2) is 0 Å². The molecule has 3 N–H and O–H groups in total. The molecule has 0 aliphatic heterocycles. The highest BCUT2D eigenvalue weighted by Crippen LogP contribution is 2.25. The van der Waals surface area contributed by atoms with Crippen molar-refractivity contribution in [3.8, 4) is 6.07 Å². The van der Waals surface area contributed by atoms with Crippen LogP contribution in [0.15, 0.2) is 40.9 Å². The van der Waals surface area contributed by atoms with Crippen LogP contribution in [0.4, 0.5) is 17.1 Å². The summed E-state index contributed by atoms with van der Waals surface area (Å²) in [6.07, 6.45) is 0. The average molecular weight is 302 g/mol. The van der Waals surface area contributed by atoms with Gasteiger partial charge >= 0.3 is 0 Å².